The number of hydrogen-bond acceptors (Lipinski definition) is 4. The van der Waals surface area contributed by atoms with Crippen molar-refractivity contribution in [2.75, 3.05) is 5.75 Å². The summed E-state index contributed by atoms with van der Waals surface area (Å²) >= 11 is 1.80. The highest BCUT2D eigenvalue weighted by Gasteiger charge is 2.10. The van der Waals surface area contributed by atoms with E-state index in [4.69, 9.17) is 10.3 Å². The Morgan fingerprint density at radius 3 is 2.67 bits per heavy atom. The molecule has 0 radical (unpaired) electrons. The van der Waals surface area contributed by atoms with E-state index in [2.05, 4.69) is 36.6 Å². The highest BCUT2D eigenvalue weighted by molar-refractivity contribution is 7.99. The van der Waals surface area contributed by atoms with Gasteiger partial charge in [0.1, 0.15) is 5.76 Å². The van der Waals surface area contributed by atoms with E-state index in [1.807, 2.05) is 12.1 Å². The predicted molar refractivity (Wildman–Crippen MR) is 75.4 cm³/mol. The van der Waals surface area contributed by atoms with Gasteiger partial charge in [0.15, 0.2) is 0 Å². The van der Waals surface area contributed by atoms with Crippen LogP contribution < -0.4 is 11.3 Å². The maximum atomic E-state index is 5.57. The number of rotatable bonds is 6. The molecule has 1 heterocycles. The Morgan fingerprint density at radius 2 is 2.06 bits per heavy atom. The third-order valence-electron chi connectivity index (χ3n) is 2.74. The van der Waals surface area contributed by atoms with Crippen LogP contribution in [-0.4, -0.2) is 11.8 Å². The predicted octanol–water partition coefficient (Wildman–Crippen LogP) is 2.75. The highest BCUT2D eigenvalue weighted by Crippen LogP contribution is 2.20. The van der Waals surface area contributed by atoms with Crippen LogP contribution in [-0.2, 0) is 6.42 Å². The number of nitrogens with two attached hydrogens (primary N) is 1. The highest BCUT2D eigenvalue weighted by atomic mass is 32.2. The summed E-state index contributed by atoms with van der Waals surface area (Å²) in [6.45, 7) is 2.09. The molecule has 0 aliphatic heterocycles. The number of benzene rings is 1. The third-order valence-corrected chi connectivity index (χ3v) is 3.91. The van der Waals surface area contributed by atoms with Gasteiger partial charge in [-0.25, -0.2) is 0 Å². The van der Waals surface area contributed by atoms with Gasteiger partial charge in [-0.3, -0.25) is 11.3 Å². The van der Waals surface area contributed by atoms with Crippen LogP contribution in [0, 0.1) is 6.92 Å². The molecule has 4 heteroatoms. The summed E-state index contributed by atoms with van der Waals surface area (Å²) in [5.41, 5.74) is 4.12. The fourth-order valence-electron chi connectivity index (χ4n) is 1.67. The first-order valence-electron chi connectivity index (χ1n) is 5.96. The fraction of sp³-hybridized carbons (Fsp3) is 0.286. The molecule has 1 aromatic carbocycles. The van der Waals surface area contributed by atoms with Gasteiger partial charge in [-0.15, -0.1) is 11.8 Å². The SMILES string of the molecule is Cc1ccc(SCC(Cc2ccco2)NN)cc1. The zero-order chi connectivity index (χ0) is 12.8. The van der Waals surface area contributed by atoms with Gasteiger partial charge in [0.2, 0.25) is 0 Å². The van der Waals surface area contributed by atoms with Crippen molar-refractivity contribution in [3.05, 3.63) is 54.0 Å². The molecule has 0 fully saturated rings. The standard InChI is InChI=1S/C14H18N2OS/c1-11-4-6-14(7-5-11)18-10-12(16-15)9-13-3-2-8-17-13/h2-8,12,16H,9-10,15H2,1H3. The summed E-state index contributed by atoms with van der Waals surface area (Å²) in [5, 5.41) is 0. The smallest absolute Gasteiger partial charge is 0.105 e. The first-order chi connectivity index (χ1) is 8.78. The zero-order valence-corrected chi connectivity index (χ0v) is 11.2. The molecule has 0 spiro atoms. The van der Waals surface area contributed by atoms with E-state index >= 15 is 0 Å². The van der Waals surface area contributed by atoms with Gasteiger partial charge in [-0.05, 0) is 31.2 Å². The molecule has 0 saturated carbocycles. The Bertz CT molecular complexity index is 453. The van der Waals surface area contributed by atoms with Crippen molar-refractivity contribution in [1.29, 1.82) is 0 Å². The third kappa shape index (κ3) is 3.91. The molecule has 0 bridgehead atoms. The minimum Gasteiger partial charge on any atom is -0.469 e. The molecule has 0 aliphatic carbocycles. The normalized spacial score (nSPS) is 12.6. The summed E-state index contributed by atoms with van der Waals surface area (Å²) in [5.74, 6) is 7.45. The van der Waals surface area contributed by atoms with Crippen LogP contribution in [0.15, 0.2) is 52.0 Å². The average Bonchev–Trinajstić information content (AvgIpc) is 2.89. The van der Waals surface area contributed by atoms with E-state index in [-0.39, 0.29) is 6.04 Å². The fourth-order valence-corrected chi connectivity index (χ4v) is 2.61. The molecule has 0 aliphatic rings. The Labute approximate surface area is 112 Å². The van der Waals surface area contributed by atoms with Crippen molar-refractivity contribution in [2.45, 2.75) is 24.3 Å². The van der Waals surface area contributed by atoms with Crippen molar-refractivity contribution in [1.82, 2.24) is 5.43 Å². The van der Waals surface area contributed by atoms with E-state index in [1.165, 1.54) is 10.5 Å². The minimum atomic E-state index is 0.211. The van der Waals surface area contributed by atoms with Crippen LogP contribution in [0.2, 0.25) is 0 Å². The maximum Gasteiger partial charge on any atom is 0.105 e. The summed E-state index contributed by atoms with van der Waals surface area (Å²) in [4.78, 5) is 1.26. The molecule has 0 saturated heterocycles. The quantitative estimate of drug-likeness (QED) is 0.477. The van der Waals surface area contributed by atoms with Crippen LogP contribution >= 0.6 is 11.8 Å². The molecule has 3 nitrogen and oxygen atoms in total. The molecule has 3 N–H and O–H groups in total. The van der Waals surface area contributed by atoms with Crippen molar-refractivity contribution in [2.24, 2.45) is 5.84 Å². The van der Waals surface area contributed by atoms with Gasteiger partial charge < -0.3 is 4.42 Å². The van der Waals surface area contributed by atoms with Gasteiger partial charge in [0.25, 0.3) is 0 Å². The van der Waals surface area contributed by atoms with Crippen LogP contribution in [0.25, 0.3) is 0 Å². The zero-order valence-electron chi connectivity index (χ0n) is 10.4. The van der Waals surface area contributed by atoms with E-state index in [0.29, 0.717) is 0 Å². The molecule has 96 valence electrons. The Hall–Kier alpha value is -1.23. The maximum absolute atomic E-state index is 5.57. The Balaban J connectivity index is 1.85. The number of hydrogen-bond donors (Lipinski definition) is 2. The van der Waals surface area contributed by atoms with Crippen LogP contribution in [0.1, 0.15) is 11.3 Å². The van der Waals surface area contributed by atoms with Crippen molar-refractivity contribution in [3.8, 4) is 0 Å². The summed E-state index contributed by atoms with van der Waals surface area (Å²) in [6, 6.07) is 12.6. The number of nitrogens with one attached hydrogen (secondary N) is 1. The number of aryl methyl sites for hydroxylation is 1. The van der Waals surface area contributed by atoms with E-state index in [9.17, 15) is 0 Å². The van der Waals surface area contributed by atoms with Gasteiger partial charge in [0, 0.05) is 23.1 Å². The van der Waals surface area contributed by atoms with Crippen LogP contribution in [0.3, 0.4) is 0 Å². The van der Waals surface area contributed by atoms with Crippen molar-refractivity contribution >= 4 is 11.8 Å². The monoisotopic (exact) mass is 262 g/mol. The van der Waals surface area contributed by atoms with Crippen molar-refractivity contribution in [3.63, 3.8) is 0 Å². The van der Waals surface area contributed by atoms with Crippen LogP contribution in [0.5, 0.6) is 0 Å². The van der Waals surface area contributed by atoms with Crippen molar-refractivity contribution < 1.29 is 4.42 Å². The largest absolute Gasteiger partial charge is 0.469 e. The topological polar surface area (TPSA) is 51.2 Å². The van der Waals surface area contributed by atoms with E-state index in [0.717, 1.165) is 17.9 Å². The van der Waals surface area contributed by atoms with Crippen LogP contribution in [0.4, 0.5) is 0 Å². The lowest BCUT2D eigenvalue weighted by atomic mass is 10.2. The van der Waals surface area contributed by atoms with Gasteiger partial charge in [0.05, 0.1) is 6.26 Å². The summed E-state index contributed by atoms with van der Waals surface area (Å²) < 4.78 is 5.33. The summed E-state index contributed by atoms with van der Waals surface area (Å²) in [7, 11) is 0. The molecule has 1 aromatic heterocycles. The lowest BCUT2D eigenvalue weighted by Crippen LogP contribution is -2.38. The van der Waals surface area contributed by atoms with Gasteiger partial charge >= 0.3 is 0 Å². The van der Waals surface area contributed by atoms with E-state index < -0.39 is 0 Å². The summed E-state index contributed by atoms with van der Waals surface area (Å²) in [6.07, 6.45) is 2.50. The molecule has 18 heavy (non-hydrogen) atoms. The molecule has 2 aromatic rings. The molecule has 0 amide bonds. The first kappa shape index (κ1) is 13.2. The second kappa shape index (κ2) is 6.64. The van der Waals surface area contributed by atoms with E-state index in [1.54, 1.807) is 18.0 Å². The lowest BCUT2D eigenvalue weighted by Gasteiger charge is -2.14. The average molecular weight is 262 g/mol. The number of thioether (sulfide) groups is 1. The first-order valence-corrected chi connectivity index (χ1v) is 6.94. The Kier molecular flexibility index (Phi) is 4.87. The molecular weight excluding hydrogens is 244 g/mol. The molecule has 1 atom stereocenters. The number of hydrazine groups is 1. The second-order valence-corrected chi connectivity index (χ2v) is 5.36. The molecule has 1 unspecified atom stereocenters. The number of furan rings is 1. The lowest BCUT2D eigenvalue weighted by molar-refractivity contribution is 0.465. The Morgan fingerprint density at radius 1 is 1.28 bits per heavy atom. The minimum absolute atomic E-state index is 0.211. The van der Waals surface area contributed by atoms with Gasteiger partial charge in [-0.2, -0.15) is 0 Å². The second-order valence-electron chi connectivity index (χ2n) is 4.27. The van der Waals surface area contributed by atoms with Gasteiger partial charge in [-0.1, -0.05) is 17.7 Å². The molecule has 2 rings (SSSR count). The molecular formula is C14H18N2OS.